The van der Waals surface area contributed by atoms with Crippen LogP contribution in [0.5, 0.6) is 0 Å². The zero-order valence-electron chi connectivity index (χ0n) is 11.8. The van der Waals surface area contributed by atoms with Gasteiger partial charge in [-0.3, -0.25) is 9.59 Å². The molecule has 1 aliphatic rings. The fraction of sp³-hybridized carbons (Fsp3) is 0.500. The van der Waals surface area contributed by atoms with Crippen molar-refractivity contribution in [2.24, 2.45) is 11.8 Å². The number of carbonyl (C=O) groups excluding carboxylic acids is 1. The molecule has 2 atom stereocenters. The third-order valence-corrected chi connectivity index (χ3v) is 3.85. The van der Waals surface area contributed by atoms with Crippen LogP contribution in [0, 0.1) is 11.8 Å². The van der Waals surface area contributed by atoms with Gasteiger partial charge in [-0.1, -0.05) is 30.3 Å². The lowest BCUT2D eigenvalue weighted by Gasteiger charge is -2.16. The van der Waals surface area contributed by atoms with Crippen molar-refractivity contribution in [1.82, 2.24) is 4.90 Å². The molecule has 1 aromatic rings. The maximum Gasteiger partial charge on any atom is 0.307 e. The monoisotopic (exact) mass is 275 g/mol. The minimum atomic E-state index is -0.846. The summed E-state index contributed by atoms with van der Waals surface area (Å²) in [7, 11) is 1.77. The number of rotatable bonds is 7. The highest BCUT2D eigenvalue weighted by Gasteiger charge is 2.49. The van der Waals surface area contributed by atoms with E-state index in [4.69, 9.17) is 5.11 Å². The predicted molar refractivity (Wildman–Crippen MR) is 76.2 cm³/mol. The lowest BCUT2D eigenvalue weighted by Crippen LogP contribution is -2.30. The number of unbranched alkanes of at least 4 members (excludes halogenated alkanes) is 1. The summed E-state index contributed by atoms with van der Waals surface area (Å²) < 4.78 is 0. The van der Waals surface area contributed by atoms with Crippen molar-refractivity contribution in [1.29, 1.82) is 0 Å². The van der Waals surface area contributed by atoms with Crippen LogP contribution < -0.4 is 0 Å². The predicted octanol–water partition coefficient (Wildman–Crippen LogP) is 2.19. The highest BCUT2D eigenvalue weighted by Crippen LogP contribution is 2.39. The Bertz CT molecular complexity index is 472. The van der Waals surface area contributed by atoms with E-state index in [-0.39, 0.29) is 11.8 Å². The maximum absolute atomic E-state index is 11.9. The van der Waals surface area contributed by atoms with Crippen LogP contribution in [0.2, 0.25) is 0 Å². The number of carbonyl (C=O) groups is 2. The first-order chi connectivity index (χ1) is 9.59. The average molecular weight is 275 g/mol. The highest BCUT2D eigenvalue weighted by molar-refractivity contribution is 5.89. The van der Waals surface area contributed by atoms with Crippen LogP contribution in [0.1, 0.15) is 24.8 Å². The van der Waals surface area contributed by atoms with Gasteiger partial charge in [0.15, 0.2) is 0 Å². The minimum absolute atomic E-state index is 0.0166. The van der Waals surface area contributed by atoms with Gasteiger partial charge in [0, 0.05) is 13.6 Å². The molecule has 0 aromatic heterocycles. The van der Waals surface area contributed by atoms with E-state index in [2.05, 4.69) is 12.1 Å². The number of hydrogen-bond donors (Lipinski definition) is 1. The number of hydrogen-bond acceptors (Lipinski definition) is 2. The van der Waals surface area contributed by atoms with Gasteiger partial charge in [0.05, 0.1) is 11.8 Å². The number of carboxylic acids is 1. The van der Waals surface area contributed by atoms with Crippen molar-refractivity contribution in [2.45, 2.75) is 25.7 Å². The molecule has 108 valence electrons. The van der Waals surface area contributed by atoms with Crippen molar-refractivity contribution in [3.63, 3.8) is 0 Å². The molecule has 0 aliphatic heterocycles. The molecule has 0 spiro atoms. The number of aliphatic carboxylic acids is 1. The molecule has 20 heavy (non-hydrogen) atoms. The molecule has 1 aromatic carbocycles. The van der Waals surface area contributed by atoms with Gasteiger partial charge >= 0.3 is 5.97 Å². The van der Waals surface area contributed by atoms with Gasteiger partial charge in [0.1, 0.15) is 0 Å². The summed E-state index contributed by atoms with van der Waals surface area (Å²) in [5.41, 5.74) is 1.31. The number of benzene rings is 1. The smallest absolute Gasteiger partial charge is 0.307 e. The molecule has 1 aliphatic carbocycles. The topological polar surface area (TPSA) is 57.6 Å². The third-order valence-electron chi connectivity index (χ3n) is 3.85. The largest absolute Gasteiger partial charge is 0.481 e. The van der Waals surface area contributed by atoms with Crippen LogP contribution in [-0.2, 0) is 16.0 Å². The number of carboxylic acid groups (broad SMARTS) is 1. The number of nitrogens with zero attached hydrogens (tertiary/aromatic N) is 1. The van der Waals surface area contributed by atoms with Gasteiger partial charge in [-0.05, 0) is 31.2 Å². The van der Waals surface area contributed by atoms with E-state index in [1.54, 1.807) is 11.9 Å². The van der Waals surface area contributed by atoms with E-state index in [0.29, 0.717) is 13.0 Å². The van der Waals surface area contributed by atoms with Gasteiger partial charge in [-0.15, -0.1) is 0 Å². The first kappa shape index (κ1) is 14.6. The van der Waals surface area contributed by atoms with Crippen LogP contribution in [0.15, 0.2) is 30.3 Å². The van der Waals surface area contributed by atoms with E-state index in [1.165, 1.54) is 5.56 Å². The van der Waals surface area contributed by atoms with E-state index in [9.17, 15) is 9.59 Å². The quantitative estimate of drug-likeness (QED) is 0.776. The fourth-order valence-corrected chi connectivity index (χ4v) is 2.46. The Morgan fingerprint density at radius 2 is 1.90 bits per heavy atom. The molecule has 1 fully saturated rings. The van der Waals surface area contributed by atoms with E-state index in [1.807, 2.05) is 18.2 Å². The molecule has 2 unspecified atom stereocenters. The summed E-state index contributed by atoms with van der Waals surface area (Å²) in [6.07, 6.45) is 3.50. The van der Waals surface area contributed by atoms with Gasteiger partial charge in [-0.25, -0.2) is 0 Å². The second kappa shape index (κ2) is 6.55. The van der Waals surface area contributed by atoms with Crippen molar-refractivity contribution in [3.05, 3.63) is 35.9 Å². The maximum atomic E-state index is 11.9. The third kappa shape index (κ3) is 3.83. The Balaban J connectivity index is 1.64. The second-order valence-corrected chi connectivity index (χ2v) is 5.49. The molecular formula is C16H21NO3. The zero-order chi connectivity index (χ0) is 14.5. The van der Waals surface area contributed by atoms with E-state index >= 15 is 0 Å². The molecule has 0 heterocycles. The van der Waals surface area contributed by atoms with Crippen molar-refractivity contribution in [3.8, 4) is 0 Å². The SMILES string of the molecule is CN(CCCCc1ccccc1)C(=O)C1CC1C(=O)O. The molecule has 4 heteroatoms. The Morgan fingerprint density at radius 3 is 2.50 bits per heavy atom. The summed E-state index contributed by atoms with van der Waals surface area (Å²) in [4.78, 5) is 24.4. The number of amides is 1. The summed E-state index contributed by atoms with van der Waals surface area (Å²) in [6.45, 7) is 0.703. The van der Waals surface area contributed by atoms with Gasteiger partial charge < -0.3 is 10.0 Å². The molecule has 0 saturated heterocycles. The lowest BCUT2D eigenvalue weighted by molar-refractivity contribution is -0.141. The minimum Gasteiger partial charge on any atom is -0.481 e. The van der Waals surface area contributed by atoms with Gasteiger partial charge in [0.25, 0.3) is 0 Å². The molecule has 0 radical (unpaired) electrons. The molecule has 2 rings (SSSR count). The van der Waals surface area contributed by atoms with Crippen molar-refractivity contribution in [2.75, 3.05) is 13.6 Å². The Morgan fingerprint density at radius 1 is 1.20 bits per heavy atom. The average Bonchev–Trinajstić information content (AvgIpc) is 3.24. The van der Waals surface area contributed by atoms with Crippen molar-refractivity contribution >= 4 is 11.9 Å². The molecule has 1 saturated carbocycles. The number of aryl methyl sites for hydroxylation is 1. The summed E-state index contributed by atoms with van der Waals surface area (Å²) in [5, 5.41) is 8.82. The van der Waals surface area contributed by atoms with E-state index in [0.717, 1.165) is 19.3 Å². The van der Waals surface area contributed by atoms with E-state index < -0.39 is 11.9 Å². The normalized spacial score (nSPS) is 20.4. The van der Waals surface area contributed by atoms with Crippen LogP contribution in [0.25, 0.3) is 0 Å². The molecule has 0 bridgehead atoms. The summed E-state index contributed by atoms with van der Waals surface area (Å²) in [6, 6.07) is 10.3. The van der Waals surface area contributed by atoms with Gasteiger partial charge in [-0.2, -0.15) is 0 Å². The Kier molecular flexibility index (Phi) is 4.77. The Labute approximate surface area is 119 Å². The first-order valence-corrected chi connectivity index (χ1v) is 7.11. The van der Waals surface area contributed by atoms with Crippen LogP contribution >= 0.6 is 0 Å². The molecule has 4 nitrogen and oxygen atoms in total. The Hall–Kier alpha value is -1.84. The summed E-state index contributed by atoms with van der Waals surface area (Å²) in [5.74, 6) is -1.60. The fourth-order valence-electron chi connectivity index (χ4n) is 2.46. The standard InChI is InChI=1S/C16H21NO3/c1-17(15(18)13-11-14(13)16(19)20)10-6-5-9-12-7-3-2-4-8-12/h2-4,7-8,13-14H,5-6,9-11H2,1H3,(H,19,20). The van der Waals surface area contributed by atoms with Gasteiger partial charge in [0.2, 0.25) is 5.91 Å². The molecule has 1 N–H and O–H groups in total. The first-order valence-electron chi connectivity index (χ1n) is 7.11. The lowest BCUT2D eigenvalue weighted by atomic mass is 10.1. The zero-order valence-corrected chi connectivity index (χ0v) is 11.8. The van der Waals surface area contributed by atoms with Crippen LogP contribution in [-0.4, -0.2) is 35.5 Å². The van der Waals surface area contributed by atoms with Crippen molar-refractivity contribution < 1.29 is 14.7 Å². The second-order valence-electron chi connectivity index (χ2n) is 5.49. The highest BCUT2D eigenvalue weighted by atomic mass is 16.4. The van der Waals surface area contributed by atoms with Crippen LogP contribution in [0.3, 0.4) is 0 Å². The molecular weight excluding hydrogens is 254 g/mol. The summed E-state index contributed by atoms with van der Waals surface area (Å²) >= 11 is 0. The molecule has 1 amide bonds. The van der Waals surface area contributed by atoms with Crippen LogP contribution in [0.4, 0.5) is 0 Å².